The summed E-state index contributed by atoms with van der Waals surface area (Å²) in [4.78, 5) is 35.5. The number of aryl methyl sites for hydroxylation is 2. The molecule has 2 aliphatic heterocycles. The van der Waals surface area contributed by atoms with Crippen LogP contribution in [0, 0.1) is 13.8 Å². The van der Waals surface area contributed by atoms with Gasteiger partial charge >= 0.3 is 5.97 Å². The van der Waals surface area contributed by atoms with E-state index in [1.165, 1.54) is 5.56 Å². The summed E-state index contributed by atoms with van der Waals surface area (Å²) >= 11 is 0. The fourth-order valence-corrected chi connectivity index (χ4v) is 5.44. The third-order valence-corrected chi connectivity index (χ3v) is 7.66. The van der Waals surface area contributed by atoms with Crippen molar-refractivity contribution in [3.8, 4) is 11.4 Å². The predicted octanol–water partition coefficient (Wildman–Crippen LogP) is 4.84. The molecule has 0 spiro atoms. The van der Waals surface area contributed by atoms with Crippen LogP contribution in [-0.2, 0) is 28.3 Å². The van der Waals surface area contributed by atoms with E-state index in [1.807, 2.05) is 49.5 Å². The SMILES string of the molecule is CC[C@]1(O)CC(=O)OCc2c1cc1n(c2=O)Cc2c-1nc1cccc(N=Cc3ccc(C)cc3)c1c2C. The Bertz CT molecular complexity index is 1680. The van der Waals surface area contributed by atoms with E-state index in [4.69, 9.17) is 14.7 Å². The van der Waals surface area contributed by atoms with Gasteiger partial charge in [-0.25, -0.2) is 4.98 Å². The molecular weight excluding hydrogens is 466 g/mol. The fraction of sp³-hybridized carbons (Fsp3) is 0.267. The van der Waals surface area contributed by atoms with Crippen molar-refractivity contribution in [1.29, 1.82) is 0 Å². The first-order valence-electron chi connectivity index (χ1n) is 12.5. The van der Waals surface area contributed by atoms with Crippen LogP contribution >= 0.6 is 0 Å². The molecule has 186 valence electrons. The van der Waals surface area contributed by atoms with Crippen LogP contribution in [0.25, 0.3) is 22.3 Å². The normalized spacial score (nSPS) is 18.4. The molecule has 0 unspecified atom stereocenters. The lowest BCUT2D eigenvalue weighted by atomic mass is 9.85. The summed E-state index contributed by atoms with van der Waals surface area (Å²) in [6.07, 6.45) is 1.96. The average molecular weight is 494 g/mol. The molecule has 0 saturated heterocycles. The molecule has 2 aliphatic rings. The van der Waals surface area contributed by atoms with Crippen molar-refractivity contribution in [3.63, 3.8) is 0 Å². The van der Waals surface area contributed by atoms with Crippen LogP contribution in [0.4, 0.5) is 5.69 Å². The second-order valence-corrected chi connectivity index (χ2v) is 9.94. The van der Waals surface area contributed by atoms with Crippen molar-refractivity contribution in [3.05, 3.63) is 92.3 Å². The minimum absolute atomic E-state index is 0.141. The number of rotatable bonds is 3. The van der Waals surface area contributed by atoms with Gasteiger partial charge in [0, 0.05) is 17.2 Å². The van der Waals surface area contributed by atoms with E-state index in [0.717, 1.165) is 39.0 Å². The first-order chi connectivity index (χ1) is 17.8. The molecule has 6 rings (SSSR count). The summed E-state index contributed by atoms with van der Waals surface area (Å²) in [5.41, 5.74) is 6.24. The molecule has 1 atom stereocenters. The number of hydrogen-bond donors (Lipinski definition) is 1. The number of aliphatic imine (C=N–C) groups is 1. The molecule has 0 fully saturated rings. The van der Waals surface area contributed by atoms with E-state index >= 15 is 0 Å². The van der Waals surface area contributed by atoms with Crippen LogP contribution in [0.1, 0.15) is 53.1 Å². The number of hydrogen-bond acceptors (Lipinski definition) is 6. The molecule has 4 heterocycles. The molecule has 1 N–H and O–H groups in total. The molecule has 0 radical (unpaired) electrons. The van der Waals surface area contributed by atoms with Crippen LogP contribution < -0.4 is 5.56 Å². The van der Waals surface area contributed by atoms with Crippen LogP contribution in [0.15, 0.2) is 58.3 Å². The van der Waals surface area contributed by atoms with E-state index < -0.39 is 11.6 Å². The lowest BCUT2D eigenvalue weighted by molar-refractivity contribution is -0.149. The summed E-state index contributed by atoms with van der Waals surface area (Å²) in [6, 6.07) is 15.9. The lowest BCUT2D eigenvalue weighted by Gasteiger charge is -2.26. The van der Waals surface area contributed by atoms with Gasteiger partial charge < -0.3 is 14.4 Å². The van der Waals surface area contributed by atoms with Gasteiger partial charge in [0.15, 0.2) is 0 Å². The van der Waals surface area contributed by atoms with Crippen LogP contribution in [0.5, 0.6) is 0 Å². The van der Waals surface area contributed by atoms with E-state index in [9.17, 15) is 14.7 Å². The highest BCUT2D eigenvalue weighted by molar-refractivity contribution is 5.98. The highest BCUT2D eigenvalue weighted by Gasteiger charge is 2.39. The molecule has 2 aromatic carbocycles. The first kappa shape index (κ1) is 23.3. The predicted molar refractivity (Wildman–Crippen MR) is 142 cm³/mol. The zero-order valence-corrected chi connectivity index (χ0v) is 21.0. The quantitative estimate of drug-likeness (QED) is 0.287. The number of cyclic esters (lactones) is 1. The Balaban J connectivity index is 1.51. The zero-order valence-electron chi connectivity index (χ0n) is 21.0. The minimum Gasteiger partial charge on any atom is -0.460 e. The van der Waals surface area contributed by atoms with Crippen molar-refractivity contribution in [1.82, 2.24) is 9.55 Å². The van der Waals surface area contributed by atoms with Gasteiger partial charge in [-0.2, -0.15) is 0 Å². The third kappa shape index (κ3) is 3.69. The van der Waals surface area contributed by atoms with Crippen molar-refractivity contribution in [2.45, 2.75) is 52.4 Å². The summed E-state index contributed by atoms with van der Waals surface area (Å²) < 4.78 is 6.95. The van der Waals surface area contributed by atoms with E-state index in [-0.39, 0.29) is 25.0 Å². The maximum Gasteiger partial charge on any atom is 0.309 e. The molecule has 0 bridgehead atoms. The molecule has 0 aliphatic carbocycles. The largest absolute Gasteiger partial charge is 0.460 e. The van der Waals surface area contributed by atoms with Gasteiger partial charge in [-0.15, -0.1) is 0 Å². The number of carbonyl (C=O) groups is 1. The van der Waals surface area contributed by atoms with Crippen LogP contribution in [-0.4, -0.2) is 26.8 Å². The van der Waals surface area contributed by atoms with Gasteiger partial charge in [0.05, 0.1) is 41.1 Å². The Kier molecular flexibility index (Phi) is 5.35. The van der Waals surface area contributed by atoms with Gasteiger partial charge in [-0.1, -0.05) is 42.8 Å². The molecule has 7 heteroatoms. The summed E-state index contributed by atoms with van der Waals surface area (Å²) in [5.74, 6) is -0.510. The van der Waals surface area contributed by atoms with E-state index in [0.29, 0.717) is 23.4 Å². The number of ether oxygens (including phenoxy) is 1. The Hall–Kier alpha value is -4.10. The highest BCUT2D eigenvalue weighted by atomic mass is 16.5. The number of esters is 1. The summed E-state index contributed by atoms with van der Waals surface area (Å²) in [7, 11) is 0. The van der Waals surface area contributed by atoms with Crippen molar-refractivity contribution in [2.24, 2.45) is 4.99 Å². The molecule has 37 heavy (non-hydrogen) atoms. The smallest absolute Gasteiger partial charge is 0.309 e. The molecule has 0 saturated carbocycles. The number of nitrogens with zero attached hydrogens (tertiary/aromatic N) is 3. The topological polar surface area (TPSA) is 93.8 Å². The number of aromatic nitrogens is 2. The monoisotopic (exact) mass is 493 g/mol. The first-order valence-corrected chi connectivity index (χ1v) is 12.5. The Labute approximate surface area is 214 Å². The number of fused-ring (bicyclic) bond motifs is 5. The Morgan fingerprint density at radius 2 is 1.92 bits per heavy atom. The van der Waals surface area contributed by atoms with Gasteiger partial charge in [0.25, 0.3) is 5.56 Å². The van der Waals surface area contributed by atoms with Crippen molar-refractivity contribution < 1.29 is 14.6 Å². The average Bonchev–Trinajstić information content (AvgIpc) is 3.20. The standard InChI is InChI=1S/C30H27N3O4/c1-4-30(36)13-26(34)37-16-21-22(30)12-25-28-20(15-33(25)29(21)35)18(3)27-23(6-5-7-24(27)32-28)31-14-19-10-8-17(2)9-11-19/h5-12,14,36H,4,13,15-16H2,1-3H3/t30-/m0/s1. The van der Waals surface area contributed by atoms with Crippen LogP contribution in [0.2, 0.25) is 0 Å². The number of carbonyl (C=O) groups excluding carboxylic acids is 1. The number of pyridine rings is 2. The molecule has 0 amide bonds. The van der Waals surface area contributed by atoms with Gasteiger partial charge in [0.2, 0.25) is 0 Å². The van der Waals surface area contributed by atoms with Gasteiger partial charge in [-0.3, -0.25) is 14.6 Å². The molecule has 2 aromatic heterocycles. The lowest BCUT2D eigenvalue weighted by Crippen LogP contribution is -2.32. The zero-order chi connectivity index (χ0) is 25.9. The maximum atomic E-state index is 13.6. The second kappa shape index (κ2) is 8.49. The van der Waals surface area contributed by atoms with E-state index in [1.54, 1.807) is 11.5 Å². The van der Waals surface area contributed by atoms with E-state index in [2.05, 4.69) is 19.1 Å². The fourth-order valence-electron chi connectivity index (χ4n) is 5.44. The van der Waals surface area contributed by atoms with Crippen LogP contribution in [0.3, 0.4) is 0 Å². The highest BCUT2D eigenvalue weighted by Crippen LogP contribution is 2.41. The molecule has 7 nitrogen and oxygen atoms in total. The molecular formula is C30H27N3O4. The third-order valence-electron chi connectivity index (χ3n) is 7.66. The molecule has 4 aromatic rings. The second-order valence-electron chi connectivity index (χ2n) is 9.94. The van der Waals surface area contributed by atoms with Crippen molar-refractivity contribution >= 4 is 28.8 Å². The summed E-state index contributed by atoms with van der Waals surface area (Å²) in [5, 5.41) is 12.3. The Morgan fingerprint density at radius 3 is 2.68 bits per heavy atom. The Morgan fingerprint density at radius 1 is 1.14 bits per heavy atom. The minimum atomic E-state index is -1.45. The van der Waals surface area contributed by atoms with Gasteiger partial charge in [0.1, 0.15) is 12.2 Å². The maximum absolute atomic E-state index is 13.6. The van der Waals surface area contributed by atoms with Crippen molar-refractivity contribution in [2.75, 3.05) is 0 Å². The number of benzene rings is 2. The number of aliphatic hydroxyl groups is 1. The summed E-state index contributed by atoms with van der Waals surface area (Å²) in [6.45, 7) is 6.12. The van der Waals surface area contributed by atoms with Gasteiger partial charge in [-0.05, 0) is 55.2 Å².